The van der Waals surface area contributed by atoms with Crippen LogP contribution < -0.4 is 0 Å². The Morgan fingerprint density at radius 1 is 0.762 bits per heavy atom. The Balaban J connectivity index is 5.95. The van der Waals surface area contributed by atoms with Crippen LogP contribution >= 0.6 is 0 Å². The Morgan fingerprint density at radius 2 is 1.14 bits per heavy atom. The summed E-state index contributed by atoms with van der Waals surface area (Å²) in [6.45, 7) is -3.22. The first-order valence-electron chi connectivity index (χ1n) is 4.40. The first kappa shape index (κ1) is 20.1. The molecular formula is C7H3F13O. The normalized spacial score (nSPS) is 19.3. The van der Waals surface area contributed by atoms with Crippen molar-refractivity contribution in [3.8, 4) is 0 Å². The van der Waals surface area contributed by atoms with Gasteiger partial charge in [0.25, 0.3) is 0 Å². The van der Waals surface area contributed by atoms with Crippen LogP contribution in [0.5, 0.6) is 0 Å². The summed E-state index contributed by atoms with van der Waals surface area (Å²) in [5.41, 5.74) is -7.21. The minimum atomic E-state index is -7.31. The molecule has 0 saturated heterocycles. The molecule has 2 unspecified atom stereocenters. The van der Waals surface area contributed by atoms with Gasteiger partial charge in [-0.05, 0) is 0 Å². The van der Waals surface area contributed by atoms with Crippen LogP contribution in [-0.2, 0) is 4.74 Å². The summed E-state index contributed by atoms with van der Waals surface area (Å²) in [5.74, 6) is 0. The van der Waals surface area contributed by atoms with Crippen LogP contribution in [0.4, 0.5) is 57.1 Å². The zero-order chi connectivity index (χ0) is 17.5. The second-order valence-electron chi connectivity index (χ2n) is 3.50. The van der Waals surface area contributed by atoms with Crippen molar-refractivity contribution >= 4 is 0 Å². The maximum atomic E-state index is 13.1. The maximum absolute atomic E-state index is 13.1. The van der Waals surface area contributed by atoms with Gasteiger partial charge in [-0.1, -0.05) is 0 Å². The molecule has 2 atom stereocenters. The van der Waals surface area contributed by atoms with Crippen molar-refractivity contribution < 1.29 is 61.8 Å². The summed E-state index contributed by atoms with van der Waals surface area (Å²) in [6.07, 6.45) is -33.0. The number of rotatable bonds is 5. The summed E-state index contributed by atoms with van der Waals surface area (Å²) < 4.78 is 160. The lowest BCUT2D eigenvalue weighted by atomic mass is 9.97. The average molecular weight is 350 g/mol. The Morgan fingerprint density at radius 3 is 1.38 bits per heavy atom. The van der Waals surface area contributed by atoms with Crippen molar-refractivity contribution in [3.63, 3.8) is 0 Å². The molecule has 0 fully saturated rings. The van der Waals surface area contributed by atoms with Gasteiger partial charge in [-0.3, -0.25) is 4.74 Å². The molecule has 0 bridgehead atoms. The molecule has 0 amide bonds. The maximum Gasteiger partial charge on any atom is 0.434 e. The van der Waals surface area contributed by atoms with Crippen LogP contribution in [0.3, 0.4) is 0 Å². The summed E-state index contributed by atoms with van der Waals surface area (Å²) >= 11 is 0. The predicted octanol–water partition coefficient (Wildman–Crippen LogP) is 4.33. The molecule has 14 heteroatoms. The fourth-order valence-electron chi connectivity index (χ4n) is 0.971. The van der Waals surface area contributed by atoms with Crippen molar-refractivity contribution in [2.24, 2.45) is 0 Å². The summed E-state index contributed by atoms with van der Waals surface area (Å²) in [7, 11) is 0. The molecule has 0 rings (SSSR count). The van der Waals surface area contributed by atoms with E-state index in [1.165, 1.54) is 0 Å². The van der Waals surface area contributed by atoms with Gasteiger partial charge in [0.2, 0.25) is 6.17 Å². The number of halogens is 13. The molecule has 0 saturated carbocycles. The summed E-state index contributed by atoms with van der Waals surface area (Å²) in [6, 6.07) is 0. The summed E-state index contributed by atoms with van der Waals surface area (Å²) in [5, 5.41) is 0. The van der Waals surface area contributed by atoms with E-state index in [-0.39, 0.29) is 0 Å². The van der Waals surface area contributed by atoms with E-state index < -0.39 is 43.1 Å². The molecule has 0 spiro atoms. The lowest BCUT2D eigenvalue weighted by Crippen LogP contribution is -2.67. The van der Waals surface area contributed by atoms with Gasteiger partial charge in [-0.15, -0.1) is 0 Å². The number of ether oxygens (including phenoxy) is 1. The smallest absolute Gasteiger partial charge is 0.250 e. The highest BCUT2D eigenvalue weighted by molar-refractivity contribution is 5.04. The van der Waals surface area contributed by atoms with Gasteiger partial charge < -0.3 is 0 Å². The first-order chi connectivity index (χ1) is 8.92. The van der Waals surface area contributed by atoms with E-state index in [2.05, 4.69) is 0 Å². The fraction of sp³-hybridized carbons (Fsp3) is 1.00. The van der Waals surface area contributed by atoms with Gasteiger partial charge in [0.1, 0.15) is 0 Å². The molecule has 0 heterocycles. The van der Waals surface area contributed by atoms with Crippen molar-refractivity contribution in [1.29, 1.82) is 0 Å². The monoisotopic (exact) mass is 350 g/mol. The standard InChI is InChI=1S/C7H3F13O/c8-1-3(10,11)21-7(19,20)4(12,6(16,17)18)2(9)5(13,14)15/h2H,1H2. The first-order valence-corrected chi connectivity index (χ1v) is 4.40. The Kier molecular flexibility index (Phi) is 5.11. The van der Waals surface area contributed by atoms with E-state index in [1.54, 1.807) is 4.74 Å². The van der Waals surface area contributed by atoms with Gasteiger partial charge >= 0.3 is 30.2 Å². The fourth-order valence-corrected chi connectivity index (χ4v) is 0.971. The topological polar surface area (TPSA) is 9.23 Å². The van der Waals surface area contributed by atoms with E-state index >= 15 is 0 Å². The quantitative estimate of drug-likeness (QED) is 0.671. The number of alkyl halides is 13. The highest BCUT2D eigenvalue weighted by Crippen LogP contribution is 2.54. The molecule has 0 aromatic heterocycles. The average Bonchev–Trinajstić information content (AvgIpc) is 2.22. The predicted molar refractivity (Wildman–Crippen MR) is 37.8 cm³/mol. The Labute approximate surface area is 106 Å². The van der Waals surface area contributed by atoms with E-state index in [4.69, 9.17) is 0 Å². The van der Waals surface area contributed by atoms with Gasteiger partial charge in [0, 0.05) is 0 Å². The van der Waals surface area contributed by atoms with Crippen LogP contribution in [0.1, 0.15) is 0 Å². The highest BCUT2D eigenvalue weighted by Gasteiger charge is 2.82. The second-order valence-corrected chi connectivity index (χ2v) is 3.50. The Hall–Kier alpha value is -0.950. The molecule has 0 aromatic carbocycles. The highest BCUT2D eigenvalue weighted by atomic mass is 19.4. The van der Waals surface area contributed by atoms with E-state index in [9.17, 15) is 57.1 Å². The molecule has 0 aromatic rings. The van der Waals surface area contributed by atoms with Gasteiger partial charge in [-0.2, -0.15) is 43.9 Å². The van der Waals surface area contributed by atoms with Crippen molar-refractivity contribution in [2.45, 2.75) is 36.4 Å². The van der Waals surface area contributed by atoms with Crippen LogP contribution in [-0.4, -0.2) is 43.1 Å². The number of hydrogen-bond donors (Lipinski definition) is 0. The third-order valence-corrected chi connectivity index (χ3v) is 1.91. The van der Waals surface area contributed by atoms with Crippen molar-refractivity contribution in [3.05, 3.63) is 0 Å². The van der Waals surface area contributed by atoms with E-state index in [0.717, 1.165) is 0 Å². The molecule has 0 aliphatic carbocycles. The third-order valence-electron chi connectivity index (χ3n) is 1.91. The summed E-state index contributed by atoms with van der Waals surface area (Å²) in [4.78, 5) is 0. The zero-order valence-corrected chi connectivity index (χ0v) is 9.11. The van der Waals surface area contributed by atoms with Crippen LogP contribution in [0.25, 0.3) is 0 Å². The van der Waals surface area contributed by atoms with E-state index in [1.807, 2.05) is 0 Å². The minimum absolute atomic E-state index is 1.81. The number of hydrogen-bond acceptors (Lipinski definition) is 1. The molecular weight excluding hydrogens is 347 g/mol. The molecule has 0 N–H and O–H groups in total. The molecule has 0 radical (unpaired) electrons. The largest absolute Gasteiger partial charge is 0.434 e. The third kappa shape index (κ3) is 3.83. The SMILES string of the molecule is FCC(F)(F)OC(F)(F)C(F)(C(F)C(F)(F)F)C(F)(F)F. The molecule has 21 heavy (non-hydrogen) atoms. The molecule has 128 valence electrons. The van der Waals surface area contributed by atoms with Gasteiger partial charge in [0.05, 0.1) is 0 Å². The van der Waals surface area contributed by atoms with Gasteiger partial charge in [-0.25, -0.2) is 13.2 Å². The molecule has 0 aliphatic rings. The van der Waals surface area contributed by atoms with Gasteiger partial charge in [0.15, 0.2) is 6.67 Å². The lowest BCUT2D eigenvalue weighted by molar-refractivity contribution is -0.464. The van der Waals surface area contributed by atoms with Crippen LogP contribution in [0.15, 0.2) is 0 Å². The lowest BCUT2D eigenvalue weighted by Gasteiger charge is -2.37. The minimum Gasteiger partial charge on any atom is -0.250 e. The van der Waals surface area contributed by atoms with Crippen molar-refractivity contribution in [1.82, 2.24) is 0 Å². The van der Waals surface area contributed by atoms with Crippen LogP contribution in [0.2, 0.25) is 0 Å². The van der Waals surface area contributed by atoms with Crippen molar-refractivity contribution in [2.75, 3.05) is 6.67 Å². The molecule has 0 aliphatic heterocycles. The van der Waals surface area contributed by atoms with Crippen LogP contribution in [0, 0.1) is 0 Å². The second kappa shape index (κ2) is 5.35. The Bertz CT molecular complexity index is 357. The van der Waals surface area contributed by atoms with E-state index in [0.29, 0.717) is 0 Å². The molecule has 1 nitrogen and oxygen atoms in total. The zero-order valence-electron chi connectivity index (χ0n) is 9.11.